The van der Waals surface area contributed by atoms with E-state index in [0.29, 0.717) is 0 Å². The average molecular weight is 320 g/mol. The third kappa shape index (κ3) is 2.96. The molecule has 4 heteroatoms. The maximum Gasteiger partial charge on any atom is 0.160 e. The molecule has 0 saturated carbocycles. The lowest BCUT2D eigenvalue weighted by Gasteiger charge is -2.08. The minimum Gasteiger partial charge on any atom is -0.348 e. The van der Waals surface area contributed by atoms with Gasteiger partial charge >= 0.3 is 0 Å². The number of halogens is 1. The second-order valence-electron chi connectivity index (χ2n) is 5.43. The van der Waals surface area contributed by atoms with Crippen molar-refractivity contribution >= 4 is 11.6 Å². The van der Waals surface area contributed by atoms with Crippen molar-refractivity contribution < 1.29 is 0 Å². The second kappa shape index (κ2) is 5.86. The predicted molar refractivity (Wildman–Crippen MR) is 92.6 cm³/mol. The number of pyridine rings is 1. The Hall–Kier alpha value is -2.65. The van der Waals surface area contributed by atoms with Crippen LogP contribution in [-0.2, 0) is 6.54 Å². The quantitative estimate of drug-likeness (QED) is 0.545. The summed E-state index contributed by atoms with van der Waals surface area (Å²) in [5, 5.41) is 0.753. The lowest BCUT2D eigenvalue weighted by Crippen LogP contribution is -2.00. The first-order valence-electron chi connectivity index (χ1n) is 7.41. The zero-order valence-corrected chi connectivity index (χ0v) is 13.1. The highest BCUT2D eigenvalue weighted by Gasteiger charge is 2.12. The molecule has 0 saturated heterocycles. The minimum absolute atomic E-state index is 0.753. The molecule has 0 amide bonds. The lowest BCUT2D eigenvalue weighted by molar-refractivity contribution is 0.789. The third-order valence-electron chi connectivity index (χ3n) is 3.74. The molecule has 2 aromatic rings. The first-order chi connectivity index (χ1) is 11.3. The molecule has 0 atom stereocenters. The van der Waals surface area contributed by atoms with E-state index in [1.54, 1.807) is 0 Å². The number of rotatable bonds is 3. The molecular weight excluding hydrogens is 306 g/mol. The van der Waals surface area contributed by atoms with Crippen LogP contribution in [0.3, 0.4) is 0 Å². The van der Waals surface area contributed by atoms with Gasteiger partial charge in [0.1, 0.15) is 5.69 Å². The zero-order valence-electron chi connectivity index (χ0n) is 12.4. The van der Waals surface area contributed by atoms with Gasteiger partial charge in [-0.2, -0.15) is 0 Å². The number of imidazole rings is 1. The van der Waals surface area contributed by atoms with Crippen molar-refractivity contribution in [1.29, 1.82) is 0 Å². The van der Waals surface area contributed by atoms with Crippen LogP contribution in [0.2, 0.25) is 5.02 Å². The Kier molecular flexibility index (Phi) is 3.56. The van der Waals surface area contributed by atoms with Crippen LogP contribution in [0, 0.1) is 0 Å². The van der Waals surface area contributed by atoms with E-state index < -0.39 is 0 Å². The van der Waals surface area contributed by atoms with Crippen molar-refractivity contribution in [1.82, 2.24) is 14.5 Å². The Bertz CT molecular complexity index is 898. The van der Waals surface area contributed by atoms with E-state index in [2.05, 4.69) is 14.5 Å². The lowest BCUT2D eigenvalue weighted by atomic mass is 10.2. The van der Waals surface area contributed by atoms with Crippen molar-refractivity contribution in [2.75, 3.05) is 0 Å². The van der Waals surface area contributed by atoms with Gasteiger partial charge in [0, 0.05) is 29.5 Å². The monoisotopic (exact) mass is 319 g/mol. The summed E-state index contributed by atoms with van der Waals surface area (Å²) < 4.78 is 2.11. The number of hydrogen-bond acceptors (Lipinski definition) is 2. The molecule has 0 spiro atoms. The highest BCUT2D eigenvalue weighted by Crippen LogP contribution is 2.24. The Morgan fingerprint density at radius 1 is 0.826 bits per heavy atom. The van der Waals surface area contributed by atoms with Gasteiger partial charge < -0.3 is 4.57 Å². The van der Waals surface area contributed by atoms with Gasteiger partial charge in [0.25, 0.3) is 0 Å². The maximum absolute atomic E-state index is 5.93. The van der Waals surface area contributed by atoms with Crippen LogP contribution >= 0.6 is 11.6 Å². The number of benzene rings is 2. The smallest absolute Gasteiger partial charge is 0.160 e. The summed E-state index contributed by atoms with van der Waals surface area (Å²) in [5.74, 6) is 0.768. The van der Waals surface area contributed by atoms with Crippen LogP contribution in [-0.4, -0.2) is 14.5 Å². The Balaban J connectivity index is 1.66. The second-order valence-corrected chi connectivity index (χ2v) is 5.86. The standard InChI is InChI=1S/C19H14ClN3/c20-16-8-6-14(7-9-16)12-23-11-10-17-18(13-23)22-19(21-17)15-4-2-1-3-5-15/h1-11,13H,12H2. The molecule has 2 aliphatic heterocycles. The fourth-order valence-electron chi connectivity index (χ4n) is 2.57. The van der Waals surface area contributed by atoms with Crippen LogP contribution in [0.15, 0.2) is 73.1 Å². The molecule has 0 N–H and O–H groups in total. The zero-order chi connectivity index (χ0) is 15.6. The molecule has 0 bridgehead atoms. The van der Waals surface area contributed by atoms with E-state index in [9.17, 15) is 0 Å². The van der Waals surface area contributed by atoms with Gasteiger partial charge in [-0.25, -0.2) is 9.97 Å². The fraction of sp³-hybridized carbons (Fsp3) is 0.0526. The molecule has 0 radical (unpaired) electrons. The average Bonchev–Trinajstić information content (AvgIpc) is 3.01. The molecule has 2 aliphatic rings. The number of hydrogen-bond donors (Lipinski definition) is 0. The summed E-state index contributed by atoms with van der Waals surface area (Å²) in [6.07, 6.45) is 4.06. The van der Waals surface area contributed by atoms with E-state index in [0.717, 1.165) is 34.3 Å². The molecule has 0 unspecified atom stereocenters. The highest BCUT2D eigenvalue weighted by atomic mass is 35.5. The number of aromatic nitrogens is 3. The first-order valence-corrected chi connectivity index (χ1v) is 7.79. The van der Waals surface area contributed by atoms with E-state index >= 15 is 0 Å². The SMILES string of the molecule is Clc1ccc(Cn2ccc3nc(-c4ccccc4)nc-3c2)cc1. The molecule has 2 heterocycles. The predicted octanol–water partition coefficient (Wildman–Crippen LogP) is 4.75. The van der Waals surface area contributed by atoms with Gasteiger partial charge in [-0.3, -0.25) is 0 Å². The molecule has 0 aliphatic carbocycles. The van der Waals surface area contributed by atoms with Crippen molar-refractivity contribution in [2.24, 2.45) is 0 Å². The minimum atomic E-state index is 0.753. The van der Waals surface area contributed by atoms with E-state index in [1.807, 2.05) is 73.1 Å². The van der Waals surface area contributed by atoms with Crippen molar-refractivity contribution in [3.8, 4) is 22.8 Å². The number of fused-ring (bicyclic) bond motifs is 1. The summed E-state index contributed by atoms with van der Waals surface area (Å²) in [7, 11) is 0. The molecule has 0 aromatic heterocycles. The fourth-order valence-corrected chi connectivity index (χ4v) is 2.69. The van der Waals surface area contributed by atoms with Crippen LogP contribution in [0.1, 0.15) is 5.56 Å². The van der Waals surface area contributed by atoms with Crippen LogP contribution in [0.4, 0.5) is 0 Å². The van der Waals surface area contributed by atoms with Gasteiger partial charge in [0.2, 0.25) is 0 Å². The number of nitrogens with zero attached hydrogens (tertiary/aromatic N) is 3. The van der Waals surface area contributed by atoms with E-state index in [-0.39, 0.29) is 0 Å². The van der Waals surface area contributed by atoms with Gasteiger partial charge in [0.15, 0.2) is 5.82 Å². The molecule has 23 heavy (non-hydrogen) atoms. The van der Waals surface area contributed by atoms with Gasteiger partial charge in [0.05, 0.1) is 5.69 Å². The van der Waals surface area contributed by atoms with Gasteiger partial charge in [-0.05, 0) is 23.8 Å². The van der Waals surface area contributed by atoms with Crippen molar-refractivity contribution in [3.05, 3.63) is 83.6 Å². The summed E-state index contributed by atoms with van der Waals surface area (Å²) in [5.41, 5.74) is 4.05. The molecule has 2 aromatic carbocycles. The molecule has 0 fully saturated rings. The first kappa shape index (κ1) is 14.0. The normalized spacial score (nSPS) is 11.0. The summed E-state index contributed by atoms with van der Waals surface area (Å²) >= 11 is 5.93. The van der Waals surface area contributed by atoms with Gasteiger partial charge in [-0.15, -0.1) is 0 Å². The van der Waals surface area contributed by atoms with Crippen LogP contribution in [0.5, 0.6) is 0 Å². The molecule has 4 rings (SSSR count). The molecular formula is C19H14ClN3. The van der Waals surface area contributed by atoms with Crippen molar-refractivity contribution in [3.63, 3.8) is 0 Å². The Morgan fingerprint density at radius 2 is 1.57 bits per heavy atom. The molecule has 112 valence electrons. The van der Waals surface area contributed by atoms with Crippen LogP contribution < -0.4 is 0 Å². The maximum atomic E-state index is 5.93. The summed E-state index contributed by atoms with van der Waals surface area (Å²) in [6, 6.07) is 19.9. The summed E-state index contributed by atoms with van der Waals surface area (Å²) in [6.45, 7) is 0.778. The largest absolute Gasteiger partial charge is 0.348 e. The molecule has 3 nitrogen and oxygen atoms in total. The topological polar surface area (TPSA) is 30.7 Å². The van der Waals surface area contributed by atoms with E-state index in [1.165, 1.54) is 5.56 Å². The highest BCUT2D eigenvalue weighted by molar-refractivity contribution is 6.30. The summed E-state index contributed by atoms with van der Waals surface area (Å²) in [4.78, 5) is 9.25. The Morgan fingerprint density at radius 3 is 2.35 bits per heavy atom. The van der Waals surface area contributed by atoms with E-state index in [4.69, 9.17) is 11.6 Å². The van der Waals surface area contributed by atoms with Crippen LogP contribution in [0.25, 0.3) is 22.8 Å². The van der Waals surface area contributed by atoms with Gasteiger partial charge in [-0.1, -0.05) is 54.1 Å². The Labute approximate surface area is 139 Å². The van der Waals surface area contributed by atoms with Crippen molar-refractivity contribution in [2.45, 2.75) is 6.54 Å². The third-order valence-corrected chi connectivity index (χ3v) is 3.99.